The summed E-state index contributed by atoms with van der Waals surface area (Å²) in [6, 6.07) is 28.5. The molecule has 0 spiro atoms. The number of halogens is 1. The Balaban J connectivity index is 0.000000145. The van der Waals surface area contributed by atoms with Crippen molar-refractivity contribution in [3.8, 4) is 45.9 Å². The van der Waals surface area contributed by atoms with Crippen molar-refractivity contribution in [3.05, 3.63) is 108 Å². The van der Waals surface area contributed by atoms with Gasteiger partial charge in [-0.3, -0.25) is 9.97 Å². The van der Waals surface area contributed by atoms with Crippen molar-refractivity contribution in [2.24, 2.45) is 0 Å². The van der Waals surface area contributed by atoms with Gasteiger partial charge in [0, 0.05) is 22.4 Å². The monoisotopic (exact) mass is 524 g/mol. The summed E-state index contributed by atoms with van der Waals surface area (Å²) >= 11 is 3.46. The lowest BCUT2D eigenvalue weighted by Crippen LogP contribution is -1.84. The maximum Gasteiger partial charge on any atom is 0.259 e. The second-order valence-corrected chi connectivity index (χ2v) is 7.98. The molecule has 6 rings (SSSR count). The molecule has 6 aromatic rings. The van der Waals surface area contributed by atoms with E-state index in [9.17, 15) is 0 Å². The van der Waals surface area contributed by atoms with E-state index in [0.29, 0.717) is 34.8 Å². The van der Waals surface area contributed by atoms with Crippen molar-refractivity contribution >= 4 is 15.9 Å². The molecule has 0 fully saturated rings. The van der Waals surface area contributed by atoms with E-state index in [1.165, 1.54) is 0 Å². The lowest BCUT2D eigenvalue weighted by molar-refractivity contribution is 0.432. The molecule has 4 aromatic heterocycles. The average Bonchev–Trinajstić information content (AvgIpc) is 3.62. The zero-order valence-electron chi connectivity index (χ0n) is 18.2. The van der Waals surface area contributed by atoms with Crippen LogP contribution in [0, 0.1) is 0 Å². The molecule has 0 bridgehead atoms. The highest BCUT2D eigenvalue weighted by molar-refractivity contribution is 9.10. The minimum atomic E-state index is 0.475. The van der Waals surface area contributed by atoms with E-state index in [1.807, 2.05) is 91.0 Å². The Bertz CT molecular complexity index is 1450. The van der Waals surface area contributed by atoms with Crippen LogP contribution >= 0.6 is 15.9 Å². The molecule has 0 unspecified atom stereocenters. The second kappa shape index (κ2) is 10.6. The van der Waals surface area contributed by atoms with E-state index in [-0.39, 0.29) is 0 Å². The zero-order chi connectivity index (χ0) is 23.9. The molecule has 0 amide bonds. The van der Waals surface area contributed by atoms with Gasteiger partial charge in [0.15, 0.2) is 0 Å². The summed E-state index contributed by atoms with van der Waals surface area (Å²) in [6.45, 7) is 0. The smallest absolute Gasteiger partial charge is 0.259 e. The first kappa shape index (κ1) is 22.3. The minimum Gasteiger partial charge on any atom is -0.334 e. The predicted octanol–water partition coefficient (Wildman–Crippen LogP) is 6.36. The van der Waals surface area contributed by atoms with Crippen LogP contribution in [0.2, 0.25) is 0 Å². The van der Waals surface area contributed by atoms with Gasteiger partial charge in [-0.1, -0.05) is 52.8 Å². The first-order valence-corrected chi connectivity index (χ1v) is 11.4. The normalized spacial score (nSPS) is 10.4. The van der Waals surface area contributed by atoms with Crippen molar-refractivity contribution in [1.82, 2.24) is 30.2 Å². The molecule has 0 saturated carbocycles. The van der Waals surface area contributed by atoms with Crippen LogP contribution in [0.1, 0.15) is 0 Å². The molecular weight excluding hydrogens is 508 g/mol. The Hall–Kier alpha value is -4.50. The summed E-state index contributed by atoms with van der Waals surface area (Å²) in [5.74, 6) is 1.97. The van der Waals surface area contributed by atoms with Gasteiger partial charge >= 0.3 is 0 Å². The topological polar surface area (TPSA) is 104 Å². The molecule has 0 aliphatic carbocycles. The Labute approximate surface area is 208 Å². The lowest BCUT2D eigenvalue weighted by atomic mass is 10.2. The van der Waals surface area contributed by atoms with Gasteiger partial charge in [-0.15, -0.1) is 0 Å². The van der Waals surface area contributed by atoms with Crippen molar-refractivity contribution in [2.45, 2.75) is 0 Å². The van der Waals surface area contributed by atoms with E-state index in [0.717, 1.165) is 15.6 Å². The van der Waals surface area contributed by atoms with Crippen LogP contribution < -0.4 is 0 Å². The Morgan fingerprint density at radius 3 is 1.69 bits per heavy atom. The summed E-state index contributed by atoms with van der Waals surface area (Å²) in [5.41, 5.74) is 3.17. The van der Waals surface area contributed by atoms with Gasteiger partial charge in [0.2, 0.25) is 11.6 Å². The lowest BCUT2D eigenvalue weighted by Gasteiger charge is -1.96. The highest BCUT2D eigenvalue weighted by atomic mass is 79.9. The van der Waals surface area contributed by atoms with Crippen molar-refractivity contribution < 1.29 is 9.05 Å². The van der Waals surface area contributed by atoms with E-state index in [1.54, 1.807) is 12.4 Å². The summed E-state index contributed by atoms with van der Waals surface area (Å²) < 4.78 is 11.4. The molecule has 9 heteroatoms. The number of aromatic nitrogens is 6. The SMILES string of the molecule is Brc1ccccc1-c1nc(-c2ccccn2)no1.c1ccc(-c2nc(-c3ccccn3)no2)cc1. The largest absolute Gasteiger partial charge is 0.334 e. The van der Waals surface area contributed by atoms with Crippen LogP contribution in [0.4, 0.5) is 0 Å². The molecule has 4 heterocycles. The van der Waals surface area contributed by atoms with Gasteiger partial charge in [-0.05, 0) is 64.5 Å². The fourth-order valence-electron chi connectivity index (χ4n) is 3.09. The van der Waals surface area contributed by atoms with Crippen molar-refractivity contribution in [3.63, 3.8) is 0 Å². The third-order valence-corrected chi connectivity index (χ3v) is 5.46. The minimum absolute atomic E-state index is 0.475. The van der Waals surface area contributed by atoms with Crippen LogP contribution in [0.15, 0.2) is 117 Å². The van der Waals surface area contributed by atoms with Crippen LogP contribution in [-0.4, -0.2) is 30.2 Å². The van der Waals surface area contributed by atoms with Crippen LogP contribution in [0.5, 0.6) is 0 Å². The number of hydrogen-bond donors (Lipinski definition) is 0. The van der Waals surface area contributed by atoms with Gasteiger partial charge < -0.3 is 9.05 Å². The summed E-state index contributed by atoms with van der Waals surface area (Å²) in [6.07, 6.45) is 3.40. The van der Waals surface area contributed by atoms with E-state index < -0.39 is 0 Å². The molecule has 170 valence electrons. The fraction of sp³-hybridized carbons (Fsp3) is 0. The number of pyridine rings is 2. The third kappa shape index (κ3) is 5.36. The third-order valence-electron chi connectivity index (χ3n) is 4.77. The molecule has 8 nitrogen and oxygen atoms in total. The first-order chi connectivity index (χ1) is 17.3. The van der Waals surface area contributed by atoms with Crippen LogP contribution in [0.25, 0.3) is 45.9 Å². The summed E-state index contributed by atoms with van der Waals surface area (Å²) in [7, 11) is 0. The molecule has 0 N–H and O–H groups in total. The van der Waals surface area contributed by atoms with E-state index in [4.69, 9.17) is 9.05 Å². The number of hydrogen-bond acceptors (Lipinski definition) is 8. The molecule has 0 radical (unpaired) electrons. The number of benzene rings is 2. The molecule has 0 saturated heterocycles. The summed E-state index contributed by atoms with van der Waals surface area (Å²) in [5, 5.41) is 7.85. The molecule has 2 aromatic carbocycles. The Kier molecular flexibility index (Phi) is 6.77. The molecule has 0 aliphatic heterocycles. The van der Waals surface area contributed by atoms with E-state index in [2.05, 4.69) is 46.2 Å². The summed E-state index contributed by atoms with van der Waals surface area (Å²) in [4.78, 5) is 17.0. The highest BCUT2D eigenvalue weighted by Gasteiger charge is 2.13. The molecule has 0 atom stereocenters. The van der Waals surface area contributed by atoms with Crippen molar-refractivity contribution in [2.75, 3.05) is 0 Å². The maximum atomic E-state index is 5.25. The van der Waals surface area contributed by atoms with Gasteiger partial charge in [-0.2, -0.15) is 9.97 Å². The number of nitrogens with zero attached hydrogens (tertiary/aromatic N) is 6. The first-order valence-electron chi connectivity index (χ1n) is 10.6. The zero-order valence-corrected chi connectivity index (χ0v) is 19.8. The van der Waals surface area contributed by atoms with Crippen LogP contribution in [-0.2, 0) is 0 Å². The quantitative estimate of drug-likeness (QED) is 0.262. The van der Waals surface area contributed by atoms with Crippen LogP contribution in [0.3, 0.4) is 0 Å². The maximum absolute atomic E-state index is 5.25. The number of rotatable bonds is 4. The standard InChI is InChI=1S/C13H8BrN3O.C13H9N3O/c14-10-6-2-1-5-9(10)13-16-12(17-18-13)11-7-3-4-8-15-11;1-2-6-10(7-3-1)13-15-12(16-17-13)11-8-4-5-9-14-11/h1-8H;1-9H. The molecule has 35 heavy (non-hydrogen) atoms. The van der Waals surface area contributed by atoms with Gasteiger partial charge in [-0.25, -0.2) is 0 Å². The second-order valence-electron chi connectivity index (χ2n) is 7.12. The Morgan fingerprint density at radius 2 is 1.09 bits per heavy atom. The van der Waals surface area contributed by atoms with Gasteiger partial charge in [0.05, 0.1) is 5.56 Å². The van der Waals surface area contributed by atoms with Crippen molar-refractivity contribution in [1.29, 1.82) is 0 Å². The Morgan fingerprint density at radius 1 is 0.543 bits per heavy atom. The predicted molar refractivity (Wildman–Crippen MR) is 134 cm³/mol. The highest BCUT2D eigenvalue weighted by Crippen LogP contribution is 2.27. The fourth-order valence-corrected chi connectivity index (χ4v) is 3.54. The van der Waals surface area contributed by atoms with E-state index >= 15 is 0 Å². The average molecular weight is 525 g/mol. The molecule has 0 aliphatic rings. The molecular formula is C26H17BrN6O2. The van der Waals surface area contributed by atoms with Gasteiger partial charge in [0.25, 0.3) is 11.8 Å². The van der Waals surface area contributed by atoms with Gasteiger partial charge in [0.1, 0.15) is 11.4 Å².